The van der Waals surface area contributed by atoms with E-state index in [0.717, 1.165) is 5.76 Å². The number of aryl methyl sites for hydroxylation is 1. The van der Waals surface area contributed by atoms with E-state index in [4.69, 9.17) is 13.9 Å². The normalized spacial score (nSPS) is 10.2. The van der Waals surface area contributed by atoms with Gasteiger partial charge in [-0.1, -0.05) is 0 Å². The SMILES string of the molecule is COc1ccc(C(=O)CCc2ccco2)cc1OC. The monoisotopic (exact) mass is 260 g/mol. The third-order valence-electron chi connectivity index (χ3n) is 2.88. The van der Waals surface area contributed by atoms with E-state index < -0.39 is 0 Å². The van der Waals surface area contributed by atoms with Crippen LogP contribution in [-0.2, 0) is 6.42 Å². The first-order valence-electron chi connectivity index (χ1n) is 6.02. The van der Waals surface area contributed by atoms with Crippen molar-refractivity contribution in [1.29, 1.82) is 0 Å². The van der Waals surface area contributed by atoms with Gasteiger partial charge in [0.25, 0.3) is 0 Å². The summed E-state index contributed by atoms with van der Waals surface area (Å²) in [6, 6.07) is 8.85. The van der Waals surface area contributed by atoms with E-state index in [1.807, 2.05) is 12.1 Å². The van der Waals surface area contributed by atoms with Gasteiger partial charge in [0, 0.05) is 18.4 Å². The zero-order valence-corrected chi connectivity index (χ0v) is 11.0. The standard InChI is InChI=1S/C15H16O4/c1-17-14-8-5-11(10-15(14)18-2)13(16)7-6-12-4-3-9-19-12/h3-5,8-10H,6-7H2,1-2H3. The third-order valence-corrected chi connectivity index (χ3v) is 2.88. The second-order valence-corrected chi connectivity index (χ2v) is 4.07. The molecule has 0 unspecified atom stereocenters. The maximum atomic E-state index is 12.1. The summed E-state index contributed by atoms with van der Waals surface area (Å²) in [5.41, 5.74) is 0.615. The molecule has 1 aromatic carbocycles. The molecule has 0 bridgehead atoms. The summed E-state index contributed by atoms with van der Waals surface area (Å²) in [7, 11) is 3.12. The molecule has 1 heterocycles. The van der Waals surface area contributed by atoms with Crippen LogP contribution in [-0.4, -0.2) is 20.0 Å². The molecule has 0 atom stereocenters. The van der Waals surface area contributed by atoms with Gasteiger partial charge in [-0.15, -0.1) is 0 Å². The second-order valence-electron chi connectivity index (χ2n) is 4.07. The highest BCUT2D eigenvalue weighted by molar-refractivity contribution is 5.96. The summed E-state index contributed by atoms with van der Waals surface area (Å²) in [6.07, 6.45) is 2.61. The van der Waals surface area contributed by atoms with Crippen LogP contribution in [0.5, 0.6) is 11.5 Å². The van der Waals surface area contributed by atoms with Crippen LogP contribution in [0.1, 0.15) is 22.5 Å². The molecule has 0 aliphatic rings. The van der Waals surface area contributed by atoms with Crippen molar-refractivity contribution in [2.24, 2.45) is 0 Å². The van der Waals surface area contributed by atoms with Crippen LogP contribution < -0.4 is 9.47 Å². The van der Waals surface area contributed by atoms with Gasteiger partial charge in [0.15, 0.2) is 17.3 Å². The molecule has 0 N–H and O–H groups in total. The Hall–Kier alpha value is -2.23. The van der Waals surface area contributed by atoms with Crippen LogP contribution in [0.15, 0.2) is 41.0 Å². The molecule has 4 nitrogen and oxygen atoms in total. The first kappa shape index (κ1) is 13.2. The second kappa shape index (κ2) is 6.09. The molecule has 1 aromatic heterocycles. The largest absolute Gasteiger partial charge is 0.493 e. The van der Waals surface area contributed by atoms with Crippen molar-refractivity contribution in [3.8, 4) is 11.5 Å². The van der Waals surface area contributed by atoms with Crippen molar-refractivity contribution in [1.82, 2.24) is 0 Å². The van der Waals surface area contributed by atoms with Crippen molar-refractivity contribution in [2.75, 3.05) is 14.2 Å². The molecule has 0 amide bonds. The zero-order chi connectivity index (χ0) is 13.7. The predicted molar refractivity (Wildman–Crippen MR) is 70.9 cm³/mol. The van der Waals surface area contributed by atoms with E-state index in [-0.39, 0.29) is 5.78 Å². The van der Waals surface area contributed by atoms with Gasteiger partial charge >= 0.3 is 0 Å². The van der Waals surface area contributed by atoms with Gasteiger partial charge in [-0.05, 0) is 30.3 Å². The number of rotatable bonds is 6. The van der Waals surface area contributed by atoms with Gasteiger partial charge in [-0.2, -0.15) is 0 Å². The Morgan fingerprint density at radius 3 is 2.58 bits per heavy atom. The Kier molecular flexibility index (Phi) is 4.23. The molecule has 0 saturated heterocycles. The van der Waals surface area contributed by atoms with Crippen molar-refractivity contribution in [3.05, 3.63) is 47.9 Å². The first-order chi connectivity index (χ1) is 9.24. The lowest BCUT2D eigenvalue weighted by Gasteiger charge is -2.08. The van der Waals surface area contributed by atoms with Gasteiger partial charge in [0.2, 0.25) is 0 Å². The van der Waals surface area contributed by atoms with Crippen molar-refractivity contribution < 1.29 is 18.7 Å². The lowest BCUT2D eigenvalue weighted by Crippen LogP contribution is -2.02. The summed E-state index contributed by atoms with van der Waals surface area (Å²) in [4.78, 5) is 12.1. The number of ketones is 1. The maximum Gasteiger partial charge on any atom is 0.163 e. The maximum absolute atomic E-state index is 12.1. The topological polar surface area (TPSA) is 48.7 Å². The number of hydrogen-bond donors (Lipinski definition) is 0. The molecule has 0 fully saturated rings. The van der Waals surface area contributed by atoms with Crippen LogP contribution in [0.25, 0.3) is 0 Å². The minimum absolute atomic E-state index is 0.0531. The van der Waals surface area contributed by atoms with E-state index >= 15 is 0 Å². The summed E-state index contributed by atoms with van der Waals surface area (Å²) in [6.45, 7) is 0. The average Bonchev–Trinajstić information content (AvgIpc) is 2.97. The summed E-state index contributed by atoms with van der Waals surface area (Å²) >= 11 is 0. The van der Waals surface area contributed by atoms with Crippen molar-refractivity contribution in [3.63, 3.8) is 0 Å². The van der Waals surface area contributed by atoms with E-state index in [1.165, 1.54) is 0 Å². The van der Waals surface area contributed by atoms with Gasteiger partial charge in [-0.3, -0.25) is 4.79 Å². The highest BCUT2D eigenvalue weighted by atomic mass is 16.5. The number of hydrogen-bond acceptors (Lipinski definition) is 4. The van der Waals surface area contributed by atoms with E-state index in [0.29, 0.717) is 29.9 Å². The number of carbonyl (C=O) groups is 1. The van der Waals surface area contributed by atoms with Crippen molar-refractivity contribution in [2.45, 2.75) is 12.8 Å². The molecule has 4 heteroatoms. The smallest absolute Gasteiger partial charge is 0.163 e. The number of Topliss-reactive ketones (excluding diaryl/α,β-unsaturated/α-hetero) is 1. The van der Waals surface area contributed by atoms with Gasteiger partial charge in [0.05, 0.1) is 20.5 Å². The van der Waals surface area contributed by atoms with E-state index in [9.17, 15) is 4.79 Å². The van der Waals surface area contributed by atoms with E-state index in [2.05, 4.69) is 0 Å². The molecule has 0 saturated carbocycles. The fraction of sp³-hybridized carbons (Fsp3) is 0.267. The fourth-order valence-electron chi connectivity index (χ4n) is 1.85. The minimum atomic E-state index is 0.0531. The summed E-state index contributed by atoms with van der Waals surface area (Å²) in [5, 5.41) is 0. The molecule has 19 heavy (non-hydrogen) atoms. The molecule has 0 aliphatic heterocycles. The molecular formula is C15H16O4. The highest BCUT2D eigenvalue weighted by Gasteiger charge is 2.11. The lowest BCUT2D eigenvalue weighted by molar-refractivity contribution is 0.0980. The third kappa shape index (κ3) is 3.16. The Balaban J connectivity index is 2.06. The van der Waals surface area contributed by atoms with Crippen LogP contribution in [0, 0.1) is 0 Å². The number of carbonyl (C=O) groups excluding carboxylic acids is 1. The highest BCUT2D eigenvalue weighted by Crippen LogP contribution is 2.28. The molecule has 0 aliphatic carbocycles. The molecule has 0 spiro atoms. The Bertz CT molecular complexity index is 543. The molecule has 0 radical (unpaired) electrons. The molecule has 100 valence electrons. The van der Waals surface area contributed by atoms with Crippen LogP contribution >= 0.6 is 0 Å². The van der Waals surface area contributed by atoms with Gasteiger partial charge in [0.1, 0.15) is 5.76 Å². The number of benzene rings is 1. The first-order valence-corrected chi connectivity index (χ1v) is 6.02. The molecule has 2 aromatic rings. The Morgan fingerprint density at radius 1 is 1.16 bits per heavy atom. The van der Waals surface area contributed by atoms with Crippen LogP contribution in [0.4, 0.5) is 0 Å². The van der Waals surface area contributed by atoms with Gasteiger partial charge in [-0.25, -0.2) is 0 Å². The van der Waals surface area contributed by atoms with Crippen LogP contribution in [0.2, 0.25) is 0 Å². The lowest BCUT2D eigenvalue weighted by atomic mass is 10.1. The molecular weight excluding hydrogens is 244 g/mol. The fourth-order valence-corrected chi connectivity index (χ4v) is 1.85. The predicted octanol–water partition coefficient (Wildman–Crippen LogP) is 3.11. The van der Waals surface area contributed by atoms with E-state index in [1.54, 1.807) is 38.7 Å². The van der Waals surface area contributed by atoms with Crippen molar-refractivity contribution >= 4 is 5.78 Å². The molecule has 2 rings (SSSR count). The Morgan fingerprint density at radius 2 is 1.95 bits per heavy atom. The summed E-state index contributed by atoms with van der Waals surface area (Å²) in [5.74, 6) is 2.04. The zero-order valence-electron chi connectivity index (χ0n) is 11.0. The van der Waals surface area contributed by atoms with Gasteiger partial charge < -0.3 is 13.9 Å². The quantitative estimate of drug-likeness (QED) is 0.749. The van der Waals surface area contributed by atoms with Crippen LogP contribution in [0.3, 0.4) is 0 Å². The number of furan rings is 1. The number of ether oxygens (including phenoxy) is 2. The number of methoxy groups -OCH3 is 2. The average molecular weight is 260 g/mol. The summed E-state index contributed by atoms with van der Waals surface area (Å²) < 4.78 is 15.5. The Labute approximate surface area is 111 Å². The minimum Gasteiger partial charge on any atom is -0.493 e.